The van der Waals surface area contributed by atoms with E-state index in [2.05, 4.69) is 21.2 Å². The zero-order chi connectivity index (χ0) is 17.0. The smallest absolute Gasteiger partial charge is 0.253 e. The highest BCUT2D eigenvalue weighted by atomic mass is 79.9. The van der Waals surface area contributed by atoms with Crippen LogP contribution in [0.1, 0.15) is 28.4 Å². The highest BCUT2D eigenvalue weighted by Crippen LogP contribution is 2.21. The molecule has 0 heterocycles. The van der Waals surface area contributed by atoms with Crippen molar-refractivity contribution in [2.75, 3.05) is 12.4 Å². The summed E-state index contributed by atoms with van der Waals surface area (Å²) in [6.45, 7) is 3.85. The maximum Gasteiger partial charge on any atom is 0.253 e. The maximum atomic E-state index is 12.6. The summed E-state index contributed by atoms with van der Waals surface area (Å²) in [5.41, 5.74) is 3.18. The van der Waals surface area contributed by atoms with Crippen molar-refractivity contribution in [1.82, 2.24) is 4.90 Å². The molecule has 0 fully saturated rings. The molecular weight excluding hydrogens is 356 g/mol. The van der Waals surface area contributed by atoms with Gasteiger partial charge in [0.15, 0.2) is 0 Å². The first-order valence-corrected chi connectivity index (χ1v) is 8.05. The van der Waals surface area contributed by atoms with Crippen molar-refractivity contribution >= 4 is 33.4 Å². The first-order valence-electron chi connectivity index (χ1n) is 7.25. The van der Waals surface area contributed by atoms with E-state index in [4.69, 9.17) is 0 Å². The number of amides is 2. The van der Waals surface area contributed by atoms with E-state index < -0.39 is 0 Å². The van der Waals surface area contributed by atoms with E-state index in [0.717, 1.165) is 15.6 Å². The molecule has 0 aliphatic heterocycles. The van der Waals surface area contributed by atoms with Gasteiger partial charge in [0.25, 0.3) is 5.91 Å². The Morgan fingerprint density at radius 3 is 2.52 bits per heavy atom. The average molecular weight is 375 g/mol. The van der Waals surface area contributed by atoms with Crippen molar-refractivity contribution in [2.24, 2.45) is 0 Å². The number of hydrogen-bond donors (Lipinski definition) is 1. The monoisotopic (exact) mass is 374 g/mol. The minimum atomic E-state index is -0.153. The average Bonchev–Trinajstić information content (AvgIpc) is 2.50. The fraction of sp³-hybridized carbons (Fsp3) is 0.222. The number of benzene rings is 2. The van der Waals surface area contributed by atoms with Gasteiger partial charge in [-0.2, -0.15) is 0 Å². The molecule has 4 nitrogen and oxygen atoms in total. The Morgan fingerprint density at radius 2 is 1.87 bits per heavy atom. The van der Waals surface area contributed by atoms with Crippen molar-refractivity contribution < 1.29 is 9.59 Å². The lowest BCUT2D eigenvalue weighted by Gasteiger charge is -2.19. The van der Waals surface area contributed by atoms with Crippen LogP contribution in [-0.4, -0.2) is 23.8 Å². The molecule has 0 bridgehead atoms. The molecule has 2 rings (SSSR count). The number of aryl methyl sites for hydroxylation is 1. The van der Waals surface area contributed by atoms with E-state index in [-0.39, 0.29) is 11.8 Å². The van der Waals surface area contributed by atoms with Crippen LogP contribution < -0.4 is 5.32 Å². The molecular formula is C18H19BrN2O2. The van der Waals surface area contributed by atoms with Crippen LogP contribution in [0.3, 0.4) is 0 Å². The summed E-state index contributed by atoms with van der Waals surface area (Å²) in [4.78, 5) is 25.5. The van der Waals surface area contributed by atoms with Gasteiger partial charge in [0.05, 0.1) is 0 Å². The summed E-state index contributed by atoms with van der Waals surface area (Å²) in [5.74, 6) is -0.244. The Labute approximate surface area is 144 Å². The van der Waals surface area contributed by atoms with Crippen molar-refractivity contribution in [3.05, 3.63) is 63.6 Å². The van der Waals surface area contributed by atoms with Crippen molar-refractivity contribution in [3.63, 3.8) is 0 Å². The Kier molecular flexibility index (Phi) is 5.55. The van der Waals surface area contributed by atoms with Gasteiger partial charge in [-0.1, -0.05) is 40.2 Å². The van der Waals surface area contributed by atoms with E-state index in [1.165, 1.54) is 6.92 Å². The molecule has 2 aromatic rings. The second kappa shape index (κ2) is 7.42. The second-order valence-corrected chi connectivity index (χ2v) is 6.32. The van der Waals surface area contributed by atoms with Crippen LogP contribution in [0.2, 0.25) is 0 Å². The lowest BCUT2D eigenvalue weighted by Crippen LogP contribution is -2.26. The number of nitrogens with zero attached hydrogens (tertiary/aromatic N) is 1. The van der Waals surface area contributed by atoms with Crippen LogP contribution in [0.15, 0.2) is 46.9 Å². The number of nitrogens with one attached hydrogen (secondary N) is 1. The molecule has 0 aromatic heterocycles. The Hall–Kier alpha value is -2.14. The third-order valence-corrected chi connectivity index (χ3v) is 4.28. The first kappa shape index (κ1) is 17.2. The van der Waals surface area contributed by atoms with Gasteiger partial charge in [-0.05, 0) is 36.2 Å². The minimum Gasteiger partial charge on any atom is -0.337 e. The summed E-state index contributed by atoms with van der Waals surface area (Å²) < 4.78 is 0.975. The summed E-state index contributed by atoms with van der Waals surface area (Å²) >= 11 is 3.49. The standard InChI is InChI=1S/C18H19BrN2O2/c1-12-8-9-14(10-17(12)20-13(2)22)18(23)21(3)11-15-6-4-5-7-16(15)19/h4-10H,11H2,1-3H3,(H,20,22). The normalized spacial score (nSPS) is 10.3. The van der Waals surface area contributed by atoms with E-state index >= 15 is 0 Å². The lowest BCUT2D eigenvalue weighted by atomic mass is 10.1. The Morgan fingerprint density at radius 1 is 1.17 bits per heavy atom. The van der Waals surface area contributed by atoms with Crippen LogP contribution in [0, 0.1) is 6.92 Å². The van der Waals surface area contributed by atoms with Crippen LogP contribution in [0.25, 0.3) is 0 Å². The zero-order valence-electron chi connectivity index (χ0n) is 13.4. The van der Waals surface area contributed by atoms with E-state index in [9.17, 15) is 9.59 Å². The second-order valence-electron chi connectivity index (χ2n) is 5.46. The van der Waals surface area contributed by atoms with Gasteiger partial charge in [0.2, 0.25) is 5.91 Å². The number of hydrogen-bond acceptors (Lipinski definition) is 2. The summed E-state index contributed by atoms with van der Waals surface area (Å²) in [6.07, 6.45) is 0. The molecule has 0 spiro atoms. The predicted octanol–water partition coefficient (Wildman–Crippen LogP) is 3.99. The summed E-state index contributed by atoms with van der Waals surface area (Å²) in [5, 5.41) is 2.75. The predicted molar refractivity (Wildman–Crippen MR) is 95.4 cm³/mol. The van der Waals surface area contributed by atoms with Crippen molar-refractivity contribution in [2.45, 2.75) is 20.4 Å². The number of halogens is 1. The highest BCUT2D eigenvalue weighted by molar-refractivity contribution is 9.10. The molecule has 23 heavy (non-hydrogen) atoms. The van der Waals surface area contributed by atoms with Gasteiger partial charge in [-0.15, -0.1) is 0 Å². The fourth-order valence-electron chi connectivity index (χ4n) is 2.25. The molecule has 0 saturated heterocycles. The van der Waals surface area contributed by atoms with E-state index in [1.807, 2.05) is 37.3 Å². The molecule has 0 aliphatic rings. The Balaban J connectivity index is 2.19. The topological polar surface area (TPSA) is 49.4 Å². The van der Waals surface area contributed by atoms with Crippen molar-refractivity contribution in [3.8, 4) is 0 Å². The van der Waals surface area contributed by atoms with E-state index in [0.29, 0.717) is 17.8 Å². The molecule has 0 radical (unpaired) electrons. The van der Waals surface area contributed by atoms with Crippen LogP contribution in [-0.2, 0) is 11.3 Å². The summed E-state index contributed by atoms with van der Waals surface area (Å²) in [6, 6.07) is 13.1. The molecule has 120 valence electrons. The number of carbonyl (C=O) groups excluding carboxylic acids is 2. The summed E-state index contributed by atoms with van der Waals surface area (Å²) in [7, 11) is 1.76. The van der Waals surface area contributed by atoms with E-state index in [1.54, 1.807) is 24.1 Å². The van der Waals surface area contributed by atoms with Gasteiger partial charge < -0.3 is 10.2 Å². The quantitative estimate of drug-likeness (QED) is 0.879. The van der Waals surface area contributed by atoms with Crippen LogP contribution in [0.4, 0.5) is 5.69 Å². The largest absolute Gasteiger partial charge is 0.337 e. The number of rotatable bonds is 4. The molecule has 1 N–H and O–H groups in total. The van der Waals surface area contributed by atoms with Crippen LogP contribution in [0.5, 0.6) is 0 Å². The molecule has 0 atom stereocenters. The first-order chi connectivity index (χ1) is 10.9. The molecule has 0 aliphatic carbocycles. The van der Waals surface area contributed by atoms with Gasteiger partial charge in [0, 0.05) is 36.2 Å². The Bertz CT molecular complexity index is 744. The highest BCUT2D eigenvalue weighted by Gasteiger charge is 2.14. The SMILES string of the molecule is CC(=O)Nc1cc(C(=O)N(C)Cc2ccccc2Br)ccc1C. The maximum absolute atomic E-state index is 12.6. The third-order valence-electron chi connectivity index (χ3n) is 3.51. The van der Waals surface area contributed by atoms with Gasteiger partial charge in [-0.3, -0.25) is 9.59 Å². The van der Waals surface area contributed by atoms with Crippen molar-refractivity contribution in [1.29, 1.82) is 0 Å². The third kappa shape index (κ3) is 4.42. The lowest BCUT2D eigenvalue weighted by molar-refractivity contribution is -0.114. The fourth-order valence-corrected chi connectivity index (χ4v) is 2.66. The number of carbonyl (C=O) groups is 2. The van der Waals surface area contributed by atoms with Gasteiger partial charge in [0.1, 0.15) is 0 Å². The molecule has 2 aromatic carbocycles. The molecule has 0 unspecified atom stereocenters. The zero-order valence-corrected chi connectivity index (χ0v) is 15.0. The minimum absolute atomic E-state index is 0.0904. The van der Waals surface area contributed by atoms with Gasteiger partial charge in [-0.25, -0.2) is 0 Å². The van der Waals surface area contributed by atoms with Gasteiger partial charge >= 0.3 is 0 Å². The molecule has 5 heteroatoms. The van der Waals surface area contributed by atoms with Crippen LogP contribution >= 0.6 is 15.9 Å². The molecule has 0 saturated carbocycles. The molecule has 2 amide bonds. The number of anilines is 1.